The van der Waals surface area contributed by atoms with Crippen LogP contribution >= 0.6 is 11.3 Å². The number of carbonyl (C=O) groups excluding carboxylic acids is 2. The maximum atomic E-state index is 13.1. The van der Waals surface area contributed by atoms with Crippen LogP contribution in [0.4, 0.5) is 0 Å². The number of para-hydroxylation sites is 1. The van der Waals surface area contributed by atoms with E-state index in [9.17, 15) is 9.59 Å². The summed E-state index contributed by atoms with van der Waals surface area (Å²) in [6.07, 6.45) is 1.04. The van der Waals surface area contributed by atoms with Crippen LogP contribution in [0.2, 0.25) is 0 Å². The average molecular weight is 476 g/mol. The second-order valence-electron chi connectivity index (χ2n) is 8.76. The number of hydrogen-bond donors (Lipinski definition) is 0. The Morgan fingerprint density at radius 1 is 1.06 bits per heavy atom. The van der Waals surface area contributed by atoms with E-state index in [-0.39, 0.29) is 18.1 Å². The van der Waals surface area contributed by atoms with Crippen molar-refractivity contribution in [2.24, 2.45) is 5.92 Å². The van der Waals surface area contributed by atoms with Crippen LogP contribution in [0.5, 0.6) is 0 Å². The largest absolute Gasteiger partial charge is 0.453 e. The molecule has 0 spiro atoms. The Labute approximate surface area is 203 Å². The minimum absolute atomic E-state index is 0.207. The van der Waals surface area contributed by atoms with Crippen molar-refractivity contribution in [3.8, 4) is 16.3 Å². The number of benzene rings is 1. The molecular weight excluding hydrogens is 446 g/mol. The number of esters is 1. The smallest absolute Gasteiger partial charge is 0.357 e. The third-order valence-electron chi connectivity index (χ3n) is 5.83. The molecule has 1 aromatic carbocycles. The molecule has 0 unspecified atom stereocenters. The van der Waals surface area contributed by atoms with Crippen molar-refractivity contribution in [3.05, 3.63) is 82.6 Å². The summed E-state index contributed by atoms with van der Waals surface area (Å²) in [5, 5.41) is 6.59. The summed E-state index contributed by atoms with van der Waals surface area (Å²) < 4.78 is 9.21. The number of thiophene rings is 1. The fraction of sp³-hybridized carbons (Fsp3) is 0.296. The highest BCUT2D eigenvalue weighted by atomic mass is 32.1. The molecule has 4 aromatic rings. The monoisotopic (exact) mass is 475 g/mol. The van der Waals surface area contributed by atoms with Gasteiger partial charge in [0.25, 0.3) is 0 Å². The number of ketones is 1. The van der Waals surface area contributed by atoms with Gasteiger partial charge in [0.1, 0.15) is 5.69 Å². The van der Waals surface area contributed by atoms with Crippen LogP contribution < -0.4 is 0 Å². The quantitative estimate of drug-likeness (QED) is 0.217. The molecule has 0 atom stereocenters. The number of ether oxygens (including phenoxy) is 1. The summed E-state index contributed by atoms with van der Waals surface area (Å²) in [5.74, 6) is -0.211. The van der Waals surface area contributed by atoms with E-state index in [1.54, 1.807) is 22.1 Å². The molecule has 0 radical (unpaired) electrons. The molecule has 3 heterocycles. The number of rotatable bonds is 9. The van der Waals surface area contributed by atoms with Crippen molar-refractivity contribution < 1.29 is 14.3 Å². The van der Waals surface area contributed by atoms with E-state index in [4.69, 9.17) is 4.74 Å². The van der Waals surface area contributed by atoms with Gasteiger partial charge in [-0.2, -0.15) is 5.10 Å². The molecule has 3 aromatic heterocycles. The summed E-state index contributed by atoms with van der Waals surface area (Å²) in [6, 6.07) is 16.9. The Morgan fingerprint density at radius 3 is 2.50 bits per heavy atom. The third-order valence-corrected chi connectivity index (χ3v) is 6.72. The first-order valence-electron chi connectivity index (χ1n) is 11.4. The highest BCUT2D eigenvalue weighted by Crippen LogP contribution is 2.26. The normalized spacial score (nSPS) is 11.2. The van der Waals surface area contributed by atoms with Gasteiger partial charge in [0.15, 0.2) is 12.3 Å². The van der Waals surface area contributed by atoms with Gasteiger partial charge in [0.05, 0.1) is 10.6 Å². The van der Waals surface area contributed by atoms with E-state index in [0.29, 0.717) is 17.2 Å². The molecule has 0 N–H and O–H groups in total. The molecule has 0 aliphatic rings. The first-order chi connectivity index (χ1) is 16.3. The zero-order valence-corrected chi connectivity index (χ0v) is 20.8. The fourth-order valence-corrected chi connectivity index (χ4v) is 4.62. The van der Waals surface area contributed by atoms with E-state index in [2.05, 4.69) is 23.5 Å². The summed E-state index contributed by atoms with van der Waals surface area (Å²) in [7, 11) is 0. The van der Waals surface area contributed by atoms with Crippen molar-refractivity contribution in [2.75, 3.05) is 6.61 Å². The fourth-order valence-electron chi connectivity index (χ4n) is 3.93. The SMILES string of the molecule is Cc1cc(C(=O)COC(=O)c2cc(-c3cccs3)nn2-c2ccccc2)c(C)n1CCC(C)C. The topological polar surface area (TPSA) is 66.1 Å². The van der Waals surface area contributed by atoms with E-state index in [1.165, 1.54) is 0 Å². The number of Topliss-reactive ketones (excluding diaryl/α,β-unsaturated/α-hetero) is 1. The average Bonchev–Trinajstić information content (AvgIpc) is 3.56. The first-order valence-corrected chi connectivity index (χ1v) is 12.3. The van der Waals surface area contributed by atoms with E-state index in [0.717, 1.165) is 34.9 Å². The lowest BCUT2D eigenvalue weighted by atomic mass is 10.1. The zero-order chi connectivity index (χ0) is 24.2. The number of aryl methyl sites for hydroxylation is 1. The summed E-state index contributed by atoms with van der Waals surface area (Å²) >= 11 is 1.55. The Hall–Kier alpha value is -3.45. The second-order valence-corrected chi connectivity index (χ2v) is 9.71. The molecule has 0 saturated carbocycles. The highest BCUT2D eigenvalue weighted by Gasteiger charge is 2.22. The van der Waals surface area contributed by atoms with Gasteiger partial charge in [-0.1, -0.05) is 38.1 Å². The Morgan fingerprint density at radius 2 is 1.82 bits per heavy atom. The maximum absolute atomic E-state index is 13.1. The van der Waals surface area contributed by atoms with Crippen LogP contribution in [0.3, 0.4) is 0 Å². The van der Waals surface area contributed by atoms with Crippen LogP contribution in [0.25, 0.3) is 16.3 Å². The Kier molecular flexibility index (Phi) is 7.12. The molecular formula is C27H29N3O3S. The van der Waals surface area contributed by atoms with Crippen LogP contribution in [0, 0.1) is 19.8 Å². The van der Waals surface area contributed by atoms with Crippen molar-refractivity contribution >= 4 is 23.1 Å². The summed E-state index contributed by atoms with van der Waals surface area (Å²) in [5.41, 5.74) is 4.27. The van der Waals surface area contributed by atoms with Crippen molar-refractivity contribution in [1.29, 1.82) is 0 Å². The van der Waals surface area contributed by atoms with Gasteiger partial charge < -0.3 is 9.30 Å². The zero-order valence-electron chi connectivity index (χ0n) is 19.9. The van der Waals surface area contributed by atoms with Gasteiger partial charge in [-0.05, 0) is 55.8 Å². The second kappa shape index (κ2) is 10.2. The van der Waals surface area contributed by atoms with Gasteiger partial charge in [-0.15, -0.1) is 11.3 Å². The molecule has 176 valence electrons. The molecule has 0 aliphatic heterocycles. The molecule has 0 fully saturated rings. The van der Waals surface area contributed by atoms with Crippen molar-refractivity contribution in [3.63, 3.8) is 0 Å². The number of hydrogen-bond acceptors (Lipinski definition) is 5. The number of aromatic nitrogens is 3. The molecule has 0 aliphatic carbocycles. The highest BCUT2D eigenvalue weighted by molar-refractivity contribution is 7.13. The Balaban J connectivity index is 1.53. The molecule has 34 heavy (non-hydrogen) atoms. The lowest BCUT2D eigenvalue weighted by Gasteiger charge is -2.11. The molecule has 0 amide bonds. The molecule has 4 rings (SSSR count). The van der Waals surface area contributed by atoms with E-state index in [1.807, 2.05) is 67.8 Å². The van der Waals surface area contributed by atoms with E-state index < -0.39 is 5.97 Å². The van der Waals surface area contributed by atoms with Gasteiger partial charge in [0, 0.05) is 29.6 Å². The van der Waals surface area contributed by atoms with Crippen molar-refractivity contribution in [2.45, 2.75) is 40.7 Å². The lowest BCUT2D eigenvalue weighted by Crippen LogP contribution is -2.17. The lowest BCUT2D eigenvalue weighted by molar-refractivity contribution is 0.0465. The van der Waals surface area contributed by atoms with Gasteiger partial charge in [-0.25, -0.2) is 9.48 Å². The Bertz CT molecular complexity index is 1280. The molecule has 0 saturated heterocycles. The van der Waals surface area contributed by atoms with Crippen LogP contribution in [0.1, 0.15) is 52.5 Å². The molecule has 7 heteroatoms. The molecule has 0 bridgehead atoms. The van der Waals surface area contributed by atoms with Crippen LogP contribution in [-0.4, -0.2) is 32.7 Å². The van der Waals surface area contributed by atoms with Crippen LogP contribution in [0.15, 0.2) is 60.0 Å². The predicted molar refractivity (Wildman–Crippen MR) is 135 cm³/mol. The number of carbonyl (C=O) groups is 2. The van der Waals surface area contributed by atoms with Gasteiger partial charge in [0.2, 0.25) is 5.78 Å². The van der Waals surface area contributed by atoms with E-state index >= 15 is 0 Å². The minimum atomic E-state index is -0.582. The minimum Gasteiger partial charge on any atom is -0.453 e. The molecule has 6 nitrogen and oxygen atoms in total. The van der Waals surface area contributed by atoms with Crippen LogP contribution in [-0.2, 0) is 11.3 Å². The standard InChI is InChI=1S/C27H29N3O3S/c1-18(2)12-13-29-19(3)15-22(20(29)4)25(31)17-33-27(32)24-16-23(26-11-8-14-34-26)28-30(24)21-9-6-5-7-10-21/h5-11,14-16,18H,12-13,17H2,1-4H3. The summed E-state index contributed by atoms with van der Waals surface area (Å²) in [6.45, 7) is 8.86. The third kappa shape index (κ3) is 5.04. The van der Waals surface area contributed by atoms with Crippen molar-refractivity contribution in [1.82, 2.24) is 14.3 Å². The maximum Gasteiger partial charge on any atom is 0.357 e. The first kappa shape index (κ1) is 23.7. The summed E-state index contributed by atoms with van der Waals surface area (Å²) in [4.78, 5) is 26.9. The van der Waals surface area contributed by atoms with Gasteiger partial charge >= 0.3 is 5.97 Å². The number of nitrogens with zero attached hydrogens (tertiary/aromatic N) is 3. The van der Waals surface area contributed by atoms with Gasteiger partial charge in [-0.3, -0.25) is 4.79 Å². The predicted octanol–water partition coefficient (Wildman–Crippen LogP) is 6.10.